The Morgan fingerprint density at radius 3 is 2.23 bits per heavy atom. The molecular weight excluding hydrogens is 378 g/mol. The van der Waals surface area contributed by atoms with Gasteiger partial charge in [-0.15, -0.1) is 0 Å². The van der Waals surface area contributed by atoms with Gasteiger partial charge in [0.1, 0.15) is 0 Å². The Labute approximate surface area is 177 Å². The minimum absolute atomic E-state index is 0.229. The van der Waals surface area contributed by atoms with Crippen LogP contribution >= 0.6 is 0 Å². The van der Waals surface area contributed by atoms with Crippen LogP contribution in [0.4, 0.5) is 0 Å². The maximum Gasteiger partial charge on any atom is 0.309 e. The minimum atomic E-state index is -0.709. The van der Waals surface area contributed by atoms with Crippen LogP contribution in [0.5, 0.6) is 0 Å². The zero-order chi connectivity index (χ0) is 21.5. The van der Waals surface area contributed by atoms with Gasteiger partial charge in [-0.3, -0.25) is 9.69 Å². The molecule has 0 atom stereocenters. The van der Waals surface area contributed by atoms with E-state index >= 15 is 0 Å². The minimum Gasteiger partial charge on any atom is -0.481 e. The SMILES string of the molecule is CC.CCCc1ccc(-c2nc(-c3ccc(CN4CC(C(=O)O)C4)cc3)no2)cc1. The summed E-state index contributed by atoms with van der Waals surface area (Å²) in [5.74, 6) is 0.143. The fourth-order valence-electron chi connectivity index (χ4n) is 3.43. The number of hydrogen-bond donors (Lipinski definition) is 1. The maximum absolute atomic E-state index is 10.9. The van der Waals surface area contributed by atoms with E-state index in [0.717, 1.165) is 36.1 Å². The second-order valence-corrected chi connectivity index (χ2v) is 7.30. The third kappa shape index (κ3) is 5.13. The number of hydrogen-bond acceptors (Lipinski definition) is 5. The van der Waals surface area contributed by atoms with Crippen molar-refractivity contribution in [2.24, 2.45) is 5.92 Å². The second kappa shape index (κ2) is 10.2. The molecule has 0 aliphatic carbocycles. The molecule has 6 nitrogen and oxygen atoms in total. The van der Waals surface area contributed by atoms with Crippen LogP contribution in [0, 0.1) is 5.92 Å². The Bertz CT molecular complexity index is 943. The summed E-state index contributed by atoms with van der Waals surface area (Å²) in [6.07, 6.45) is 2.19. The highest BCUT2D eigenvalue weighted by Crippen LogP contribution is 2.24. The molecule has 1 N–H and O–H groups in total. The molecule has 30 heavy (non-hydrogen) atoms. The first-order valence-electron chi connectivity index (χ1n) is 10.6. The summed E-state index contributed by atoms with van der Waals surface area (Å²) in [5, 5.41) is 13.1. The molecule has 0 bridgehead atoms. The Balaban J connectivity index is 0.00000124. The highest BCUT2D eigenvalue weighted by molar-refractivity contribution is 5.71. The smallest absolute Gasteiger partial charge is 0.309 e. The topological polar surface area (TPSA) is 79.5 Å². The van der Waals surface area contributed by atoms with Crippen LogP contribution in [0.3, 0.4) is 0 Å². The van der Waals surface area contributed by atoms with Crippen LogP contribution in [0.25, 0.3) is 22.8 Å². The van der Waals surface area contributed by atoms with Crippen LogP contribution in [0.1, 0.15) is 38.3 Å². The van der Waals surface area contributed by atoms with Gasteiger partial charge in [0.05, 0.1) is 5.92 Å². The van der Waals surface area contributed by atoms with E-state index in [0.29, 0.717) is 24.8 Å². The van der Waals surface area contributed by atoms with E-state index in [2.05, 4.69) is 34.1 Å². The normalized spacial score (nSPS) is 14.0. The molecule has 0 spiro atoms. The first-order chi connectivity index (χ1) is 14.6. The van der Waals surface area contributed by atoms with Crippen LogP contribution < -0.4 is 0 Å². The summed E-state index contributed by atoms with van der Waals surface area (Å²) in [6.45, 7) is 8.15. The quantitative estimate of drug-likeness (QED) is 0.600. The number of carboxylic acid groups (broad SMARTS) is 1. The van der Waals surface area contributed by atoms with Gasteiger partial charge in [0.25, 0.3) is 5.89 Å². The number of carboxylic acids is 1. The van der Waals surface area contributed by atoms with E-state index in [1.54, 1.807) is 0 Å². The highest BCUT2D eigenvalue weighted by Gasteiger charge is 2.32. The van der Waals surface area contributed by atoms with Gasteiger partial charge in [-0.1, -0.05) is 68.7 Å². The van der Waals surface area contributed by atoms with E-state index in [1.165, 1.54) is 5.56 Å². The second-order valence-electron chi connectivity index (χ2n) is 7.30. The number of aromatic nitrogens is 2. The summed E-state index contributed by atoms with van der Waals surface area (Å²) < 4.78 is 5.44. The molecule has 0 radical (unpaired) electrons. The van der Waals surface area contributed by atoms with Gasteiger partial charge in [-0.25, -0.2) is 0 Å². The number of nitrogens with zero attached hydrogens (tertiary/aromatic N) is 3. The first-order valence-corrected chi connectivity index (χ1v) is 10.6. The number of aliphatic carboxylic acids is 1. The van der Waals surface area contributed by atoms with Crippen molar-refractivity contribution < 1.29 is 14.4 Å². The van der Waals surface area contributed by atoms with Crippen molar-refractivity contribution in [1.29, 1.82) is 0 Å². The Kier molecular flexibility index (Phi) is 7.36. The van der Waals surface area contributed by atoms with E-state index < -0.39 is 5.97 Å². The van der Waals surface area contributed by atoms with E-state index in [-0.39, 0.29) is 5.92 Å². The van der Waals surface area contributed by atoms with Crippen molar-refractivity contribution in [3.05, 3.63) is 59.7 Å². The molecule has 1 fully saturated rings. The molecule has 2 heterocycles. The zero-order valence-corrected chi connectivity index (χ0v) is 17.8. The predicted octanol–water partition coefficient (Wildman–Crippen LogP) is 4.90. The summed E-state index contributed by atoms with van der Waals surface area (Å²) in [4.78, 5) is 17.5. The Hall–Kier alpha value is -2.99. The maximum atomic E-state index is 10.9. The van der Waals surface area contributed by atoms with Crippen molar-refractivity contribution in [2.75, 3.05) is 13.1 Å². The van der Waals surface area contributed by atoms with Crippen LogP contribution in [-0.2, 0) is 17.8 Å². The average molecular weight is 408 g/mol. The van der Waals surface area contributed by atoms with Crippen LogP contribution in [0.2, 0.25) is 0 Å². The fraction of sp³-hybridized carbons (Fsp3) is 0.375. The fourth-order valence-corrected chi connectivity index (χ4v) is 3.43. The van der Waals surface area contributed by atoms with E-state index in [4.69, 9.17) is 9.63 Å². The molecule has 6 heteroatoms. The Morgan fingerprint density at radius 2 is 1.63 bits per heavy atom. The van der Waals surface area contributed by atoms with Gasteiger partial charge in [0.2, 0.25) is 5.82 Å². The lowest BCUT2D eigenvalue weighted by Gasteiger charge is -2.36. The van der Waals surface area contributed by atoms with Gasteiger partial charge in [-0.05, 0) is 29.7 Å². The number of carbonyl (C=O) groups is 1. The van der Waals surface area contributed by atoms with Crippen molar-refractivity contribution in [1.82, 2.24) is 15.0 Å². The van der Waals surface area contributed by atoms with Crippen molar-refractivity contribution in [3.63, 3.8) is 0 Å². The molecule has 158 valence electrons. The molecule has 2 aromatic carbocycles. The molecule has 1 aliphatic rings. The molecule has 0 unspecified atom stereocenters. The lowest BCUT2D eigenvalue weighted by Crippen LogP contribution is -2.49. The van der Waals surface area contributed by atoms with Gasteiger partial charge >= 0.3 is 5.97 Å². The molecule has 0 amide bonds. The standard InChI is InChI=1S/C22H23N3O3.C2H6/c1-2-3-15-4-10-18(11-5-15)21-23-20(24-28-21)17-8-6-16(7-9-17)12-25-13-19(14-25)22(26)27;1-2/h4-11,19H,2-3,12-14H2,1H3,(H,26,27);1-2H3. The van der Waals surface area contributed by atoms with Gasteiger partial charge in [0.15, 0.2) is 0 Å². The summed E-state index contributed by atoms with van der Waals surface area (Å²) in [6, 6.07) is 16.2. The van der Waals surface area contributed by atoms with Crippen molar-refractivity contribution in [3.8, 4) is 22.8 Å². The Morgan fingerprint density at radius 1 is 1.03 bits per heavy atom. The predicted molar refractivity (Wildman–Crippen MR) is 117 cm³/mol. The molecule has 1 aliphatic heterocycles. The van der Waals surface area contributed by atoms with E-state index in [9.17, 15) is 4.79 Å². The summed E-state index contributed by atoms with van der Waals surface area (Å²) in [7, 11) is 0. The van der Waals surface area contributed by atoms with Gasteiger partial charge in [-0.2, -0.15) is 4.98 Å². The molecule has 1 saturated heterocycles. The number of aryl methyl sites for hydroxylation is 1. The molecule has 1 aromatic heterocycles. The summed E-state index contributed by atoms with van der Waals surface area (Å²) in [5.41, 5.74) is 4.26. The summed E-state index contributed by atoms with van der Waals surface area (Å²) >= 11 is 0. The van der Waals surface area contributed by atoms with E-state index in [1.807, 2.05) is 50.2 Å². The molecule has 3 aromatic rings. The lowest BCUT2D eigenvalue weighted by molar-refractivity contribution is -0.147. The number of benzene rings is 2. The largest absolute Gasteiger partial charge is 0.481 e. The average Bonchev–Trinajstić information content (AvgIpc) is 3.23. The van der Waals surface area contributed by atoms with Crippen LogP contribution in [-0.4, -0.2) is 39.2 Å². The molecule has 4 rings (SSSR count). The first kappa shape index (κ1) is 21.7. The highest BCUT2D eigenvalue weighted by atomic mass is 16.5. The third-order valence-electron chi connectivity index (χ3n) is 5.09. The monoisotopic (exact) mass is 407 g/mol. The number of likely N-dealkylation sites (tertiary alicyclic amines) is 1. The molecular formula is C24H29N3O3. The van der Waals surface area contributed by atoms with Crippen molar-refractivity contribution >= 4 is 5.97 Å². The molecule has 0 saturated carbocycles. The zero-order valence-electron chi connectivity index (χ0n) is 17.8. The number of rotatable bonds is 7. The lowest BCUT2D eigenvalue weighted by atomic mass is 9.99. The van der Waals surface area contributed by atoms with Crippen LogP contribution in [0.15, 0.2) is 53.1 Å². The van der Waals surface area contributed by atoms with Gasteiger partial charge < -0.3 is 9.63 Å². The third-order valence-corrected chi connectivity index (χ3v) is 5.09. The van der Waals surface area contributed by atoms with Crippen molar-refractivity contribution in [2.45, 2.75) is 40.2 Å². The van der Waals surface area contributed by atoms with Gasteiger partial charge in [0, 0.05) is 30.8 Å².